The Hall–Kier alpha value is -2.48. The summed E-state index contributed by atoms with van der Waals surface area (Å²) >= 11 is 0. The maximum absolute atomic E-state index is 12.0. The van der Waals surface area contributed by atoms with Gasteiger partial charge < -0.3 is 24.9 Å². The van der Waals surface area contributed by atoms with Gasteiger partial charge in [-0.2, -0.15) is 0 Å². The van der Waals surface area contributed by atoms with Gasteiger partial charge in [0.15, 0.2) is 11.5 Å². The standard InChI is InChI=1S/C20H24N4O3.2ClH/c1-14(21)6-9-20(25)23-15-7-8-17(26-2)18(11-15)27-13-16-12-24-10-4-3-5-19(24)22-16;;/h3-5,7-8,10-12,14H,6,9,13,21H2,1-2H3,(H,23,25);2*1H. The predicted molar refractivity (Wildman–Crippen MR) is 119 cm³/mol. The number of nitrogens with two attached hydrogens (primary N) is 1. The SMILES string of the molecule is COc1ccc(NC(=O)CCC(C)N)cc1OCc1cn2ccccc2n1.Cl.Cl. The second-order valence-electron chi connectivity index (χ2n) is 6.42. The van der Waals surface area contributed by atoms with Crippen molar-refractivity contribution in [2.45, 2.75) is 32.4 Å². The number of hydrogen-bond donors (Lipinski definition) is 2. The first-order valence-corrected chi connectivity index (χ1v) is 8.84. The highest BCUT2D eigenvalue weighted by Crippen LogP contribution is 2.31. The number of carbonyl (C=O) groups excluding carboxylic acids is 1. The quantitative estimate of drug-likeness (QED) is 0.555. The molecular formula is C20H26Cl2N4O3. The van der Waals surface area contributed by atoms with E-state index in [0.29, 0.717) is 36.6 Å². The number of nitrogens with zero attached hydrogens (tertiary/aromatic N) is 2. The zero-order chi connectivity index (χ0) is 19.2. The summed E-state index contributed by atoms with van der Waals surface area (Å²) in [5.74, 6) is 1.05. The van der Waals surface area contributed by atoms with E-state index in [1.54, 1.807) is 25.3 Å². The monoisotopic (exact) mass is 440 g/mol. The van der Waals surface area contributed by atoms with Crippen LogP contribution < -0.4 is 20.5 Å². The van der Waals surface area contributed by atoms with Crippen LogP contribution in [0.1, 0.15) is 25.5 Å². The molecule has 0 aliphatic carbocycles. The van der Waals surface area contributed by atoms with Gasteiger partial charge in [-0.15, -0.1) is 24.8 Å². The molecule has 29 heavy (non-hydrogen) atoms. The molecular weight excluding hydrogens is 415 g/mol. The number of pyridine rings is 1. The lowest BCUT2D eigenvalue weighted by molar-refractivity contribution is -0.116. The van der Waals surface area contributed by atoms with Crippen LogP contribution in [-0.2, 0) is 11.4 Å². The normalized spacial score (nSPS) is 11.1. The van der Waals surface area contributed by atoms with E-state index in [-0.39, 0.29) is 36.8 Å². The molecule has 3 N–H and O–H groups in total. The number of nitrogens with one attached hydrogen (secondary N) is 1. The fourth-order valence-corrected chi connectivity index (χ4v) is 2.66. The lowest BCUT2D eigenvalue weighted by atomic mass is 10.2. The van der Waals surface area contributed by atoms with Gasteiger partial charge in [0, 0.05) is 36.6 Å². The summed E-state index contributed by atoms with van der Waals surface area (Å²) in [6.07, 6.45) is 4.87. The van der Waals surface area contributed by atoms with E-state index in [1.807, 2.05) is 41.9 Å². The minimum absolute atomic E-state index is 0. The van der Waals surface area contributed by atoms with Crippen molar-refractivity contribution in [3.05, 3.63) is 54.5 Å². The third-order valence-corrected chi connectivity index (χ3v) is 4.06. The van der Waals surface area contributed by atoms with Crippen LogP contribution in [0.3, 0.4) is 0 Å². The van der Waals surface area contributed by atoms with E-state index < -0.39 is 0 Å². The molecule has 0 aliphatic heterocycles. The van der Waals surface area contributed by atoms with Gasteiger partial charge in [-0.25, -0.2) is 4.98 Å². The molecule has 0 bridgehead atoms. The first kappa shape index (κ1) is 24.6. The van der Waals surface area contributed by atoms with Crippen molar-refractivity contribution in [3.63, 3.8) is 0 Å². The summed E-state index contributed by atoms with van der Waals surface area (Å²) in [6.45, 7) is 2.17. The molecule has 2 aromatic heterocycles. The Labute approximate surface area is 182 Å². The highest BCUT2D eigenvalue weighted by atomic mass is 35.5. The average Bonchev–Trinajstić information content (AvgIpc) is 3.08. The van der Waals surface area contributed by atoms with Crippen molar-refractivity contribution in [1.29, 1.82) is 0 Å². The molecule has 0 saturated carbocycles. The Morgan fingerprint density at radius 3 is 2.72 bits per heavy atom. The van der Waals surface area contributed by atoms with E-state index in [9.17, 15) is 4.79 Å². The molecule has 3 rings (SSSR count). The van der Waals surface area contributed by atoms with E-state index in [2.05, 4.69) is 10.3 Å². The Kier molecular flexibility index (Phi) is 9.74. The fraction of sp³-hybridized carbons (Fsp3) is 0.300. The van der Waals surface area contributed by atoms with Gasteiger partial charge in [-0.1, -0.05) is 6.07 Å². The highest BCUT2D eigenvalue weighted by Gasteiger charge is 2.10. The number of methoxy groups -OCH3 is 1. The van der Waals surface area contributed by atoms with E-state index in [0.717, 1.165) is 11.3 Å². The van der Waals surface area contributed by atoms with E-state index >= 15 is 0 Å². The lowest BCUT2D eigenvalue weighted by Crippen LogP contribution is -2.19. The number of rotatable bonds is 8. The number of benzene rings is 1. The first-order valence-electron chi connectivity index (χ1n) is 8.84. The van der Waals surface area contributed by atoms with Crippen LogP contribution in [0.25, 0.3) is 5.65 Å². The Morgan fingerprint density at radius 1 is 1.24 bits per heavy atom. The minimum Gasteiger partial charge on any atom is -0.493 e. The number of carbonyl (C=O) groups is 1. The van der Waals surface area contributed by atoms with Crippen molar-refractivity contribution in [2.75, 3.05) is 12.4 Å². The Bertz CT molecular complexity index is 898. The number of hydrogen-bond acceptors (Lipinski definition) is 5. The maximum Gasteiger partial charge on any atom is 0.224 e. The third kappa shape index (κ3) is 6.81. The van der Waals surface area contributed by atoms with E-state index in [4.69, 9.17) is 15.2 Å². The number of halogens is 2. The van der Waals surface area contributed by atoms with Crippen LogP contribution in [0.5, 0.6) is 11.5 Å². The highest BCUT2D eigenvalue weighted by molar-refractivity contribution is 5.91. The van der Waals surface area contributed by atoms with Crippen LogP contribution in [0, 0.1) is 0 Å². The number of fused-ring (bicyclic) bond motifs is 1. The number of imidazole rings is 1. The number of amides is 1. The summed E-state index contributed by atoms with van der Waals surface area (Å²) in [6, 6.07) is 11.1. The fourth-order valence-electron chi connectivity index (χ4n) is 2.66. The topological polar surface area (TPSA) is 90.9 Å². The summed E-state index contributed by atoms with van der Waals surface area (Å²) in [5.41, 5.74) is 8.00. The summed E-state index contributed by atoms with van der Waals surface area (Å²) in [7, 11) is 1.58. The molecule has 0 fully saturated rings. The second-order valence-corrected chi connectivity index (χ2v) is 6.42. The van der Waals surface area contributed by atoms with Crippen LogP contribution in [0.15, 0.2) is 48.8 Å². The zero-order valence-electron chi connectivity index (χ0n) is 16.3. The molecule has 158 valence electrons. The summed E-state index contributed by atoms with van der Waals surface area (Å²) in [5, 5.41) is 2.86. The number of ether oxygens (including phenoxy) is 2. The molecule has 0 radical (unpaired) electrons. The largest absolute Gasteiger partial charge is 0.493 e. The molecule has 1 aromatic carbocycles. The van der Waals surface area contributed by atoms with E-state index in [1.165, 1.54) is 0 Å². The van der Waals surface area contributed by atoms with Gasteiger partial charge >= 0.3 is 0 Å². The Morgan fingerprint density at radius 2 is 2.03 bits per heavy atom. The van der Waals surface area contributed by atoms with Crippen molar-refractivity contribution in [1.82, 2.24) is 9.38 Å². The van der Waals surface area contributed by atoms with Crippen molar-refractivity contribution in [2.24, 2.45) is 5.73 Å². The molecule has 0 spiro atoms. The minimum atomic E-state index is -0.0798. The van der Waals surface area contributed by atoms with Crippen molar-refractivity contribution in [3.8, 4) is 11.5 Å². The predicted octanol–water partition coefficient (Wildman–Crippen LogP) is 3.83. The van der Waals surface area contributed by atoms with Crippen LogP contribution in [-0.4, -0.2) is 28.4 Å². The van der Waals surface area contributed by atoms with Crippen LogP contribution in [0.2, 0.25) is 0 Å². The van der Waals surface area contributed by atoms with Gasteiger partial charge in [0.1, 0.15) is 12.3 Å². The van der Waals surface area contributed by atoms with Crippen LogP contribution in [0.4, 0.5) is 5.69 Å². The number of aromatic nitrogens is 2. The molecule has 7 nitrogen and oxygen atoms in total. The molecule has 9 heteroatoms. The van der Waals surface area contributed by atoms with Gasteiger partial charge in [-0.05, 0) is 37.6 Å². The van der Waals surface area contributed by atoms with Gasteiger partial charge in [0.2, 0.25) is 5.91 Å². The molecule has 0 aliphatic rings. The molecule has 1 unspecified atom stereocenters. The third-order valence-electron chi connectivity index (χ3n) is 4.06. The van der Waals surface area contributed by atoms with Crippen LogP contribution >= 0.6 is 24.8 Å². The smallest absolute Gasteiger partial charge is 0.224 e. The number of anilines is 1. The maximum atomic E-state index is 12.0. The lowest BCUT2D eigenvalue weighted by Gasteiger charge is -2.12. The van der Waals surface area contributed by atoms with Gasteiger partial charge in [0.25, 0.3) is 0 Å². The Balaban J connectivity index is 0.00000210. The second kappa shape index (κ2) is 11.5. The molecule has 0 saturated heterocycles. The molecule has 1 amide bonds. The molecule has 1 atom stereocenters. The first-order chi connectivity index (χ1) is 13.0. The van der Waals surface area contributed by atoms with Gasteiger partial charge in [0.05, 0.1) is 12.8 Å². The summed E-state index contributed by atoms with van der Waals surface area (Å²) < 4.78 is 13.2. The summed E-state index contributed by atoms with van der Waals surface area (Å²) in [4.78, 5) is 16.5. The van der Waals surface area contributed by atoms with Gasteiger partial charge in [-0.3, -0.25) is 4.79 Å². The van der Waals surface area contributed by atoms with Crippen molar-refractivity contribution < 1.29 is 14.3 Å². The average molecular weight is 441 g/mol. The molecule has 3 aromatic rings. The van der Waals surface area contributed by atoms with Crippen molar-refractivity contribution >= 4 is 42.1 Å². The zero-order valence-corrected chi connectivity index (χ0v) is 18.0. The molecule has 2 heterocycles.